The van der Waals surface area contributed by atoms with E-state index in [4.69, 9.17) is 0 Å². The number of hydrogen-bond acceptors (Lipinski definition) is 2. The van der Waals surface area contributed by atoms with Gasteiger partial charge in [0.1, 0.15) is 5.82 Å². The van der Waals surface area contributed by atoms with Gasteiger partial charge >= 0.3 is 0 Å². The molecule has 1 aromatic carbocycles. The molecule has 0 amide bonds. The molecule has 0 aliphatic rings. The summed E-state index contributed by atoms with van der Waals surface area (Å²) in [5.74, 6) is 0.909. The molecule has 1 N–H and O–H groups in total. The number of benzene rings is 1. The molecular formula is C19H27N3. The van der Waals surface area contributed by atoms with Gasteiger partial charge in [-0.05, 0) is 18.6 Å². The zero-order chi connectivity index (χ0) is 15.6. The molecule has 118 valence electrons. The lowest BCUT2D eigenvalue weighted by Crippen LogP contribution is -2.18. The molecule has 1 heterocycles. The first-order chi connectivity index (χ1) is 10.8. The molecule has 1 aromatic heterocycles. The first kappa shape index (κ1) is 16.4. The average molecular weight is 297 g/mol. The van der Waals surface area contributed by atoms with Crippen molar-refractivity contribution in [3.05, 3.63) is 30.3 Å². The first-order valence-corrected chi connectivity index (χ1v) is 8.60. The second-order valence-electron chi connectivity index (χ2n) is 5.97. The molecule has 22 heavy (non-hydrogen) atoms. The molecule has 0 aliphatic carbocycles. The van der Waals surface area contributed by atoms with Crippen molar-refractivity contribution in [3.63, 3.8) is 0 Å². The van der Waals surface area contributed by atoms with E-state index in [1.807, 2.05) is 18.2 Å². The highest BCUT2D eigenvalue weighted by Gasteiger charge is 2.08. The molecule has 0 unspecified atom stereocenters. The van der Waals surface area contributed by atoms with E-state index in [2.05, 4.69) is 30.2 Å². The molecule has 0 bridgehead atoms. The smallest absolute Gasteiger partial charge is 0.185 e. The monoisotopic (exact) mass is 297 g/mol. The van der Waals surface area contributed by atoms with Crippen molar-refractivity contribution >= 4 is 16.7 Å². The fourth-order valence-electron chi connectivity index (χ4n) is 2.83. The molecule has 0 aliphatic heterocycles. The molecule has 0 fully saturated rings. The van der Waals surface area contributed by atoms with Crippen LogP contribution in [0, 0.1) is 11.5 Å². The highest BCUT2D eigenvalue weighted by molar-refractivity contribution is 5.84. The van der Waals surface area contributed by atoms with Gasteiger partial charge in [0, 0.05) is 17.4 Å². The number of aromatic nitrogens is 1. The fraction of sp³-hybridized carbons (Fsp3) is 0.526. The number of hydrogen-bond donors (Lipinski definition) is 1. The maximum Gasteiger partial charge on any atom is 0.185 e. The normalized spacial score (nSPS) is 10.7. The number of nitrogens with zero attached hydrogens (tertiary/aromatic N) is 2. The Hall–Kier alpha value is -1.95. The number of rotatable bonds is 10. The standard InChI is InChI=1S/C19H27N3/c1-2-3-4-5-6-7-8-11-14-22(16-20)19-15-17-12-9-10-13-18(17)21-19/h9-10,12-13,15,21H,2-8,11,14H2,1H3. The highest BCUT2D eigenvalue weighted by Crippen LogP contribution is 2.21. The summed E-state index contributed by atoms with van der Waals surface area (Å²) in [6.45, 7) is 3.05. The third-order valence-corrected chi connectivity index (χ3v) is 4.16. The zero-order valence-corrected chi connectivity index (χ0v) is 13.6. The molecule has 0 spiro atoms. The topological polar surface area (TPSA) is 42.8 Å². The SMILES string of the molecule is CCCCCCCCCCN(C#N)c1cc2ccccc2[nH]1. The molecule has 0 radical (unpaired) electrons. The first-order valence-electron chi connectivity index (χ1n) is 8.60. The Morgan fingerprint density at radius 2 is 1.68 bits per heavy atom. The molecule has 0 saturated heterocycles. The van der Waals surface area contributed by atoms with Crippen LogP contribution < -0.4 is 4.90 Å². The molecule has 0 atom stereocenters. The highest BCUT2D eigenvalue weighted by atomic mass is 15.2. The van der Waals surface area contributed by atoms with E-state index >= 15 is 0 Å². The number of unbranched alkanes of at least 4 members (excludes halogenated alkanes) is 7. The predicted octanol–water partition coefficient (Wildman–Crippen LogP) is 5.60. The van der Waals surface area contributed by atoms with E-state index in [0.29, 0.717) is 0 Å². The van der Waals surface area contributed by atoms with Crippen LogP contribution in [-0.2, 0) is 0 Å². The lowest BCUT2D eigenvalue weighted by atomic mass is 10.1. The second-order valence-corrected chi connectivity index (χ2v) is 5.97. The third kappa shape index (κ3) is 4.80. The quantitative estimate of drug-likeness (QED) is 0.352. The Labute approximate surface area is 133 Å². The van der Waals surface area contributed by atoms with Crippen molar-refractivity contribution in [2.45, 2.75) is 58.3 Å². The fourth-order valence-corrected chi connectivity index (χ4v) is 2.83. The van der Waals surface area contributed by atoms with Gasteiger partial charge in [0.05, 0.1) is 0 Å². The van der Waals surface area contributed by atoms with Gasteiger partial charge in [0.2, 0.25) is 0 Å². The van der Waals surface area contributed by atoms with Crippen molar-refractivity contribution in [2.24, 2.45) is 0 Å². The van der Waals surface area contributed by atoms with Crippen molar-refractivity contribution < 1.29 is 0 Å². The largest absolute Gasteiger partial charge is 0.341 e. The average Bonchev–Trinajstić information content (AvgIpc) is 2.97. The number of nitriles is 1. The summed E-state index contributed by atoms with van der Waals surface area (Å²) < 4.78 is 0. The van der Waals surface area contributed by atoms with Crippen LogP contribution in [0.4, 0.5) is 5.82 Å². The second kappa shape index (κ2) is 9.15. The summed E-state index contributed by atoms with van der Waals surface area (Å²) in [5, 5.41) is 10.5. The number of para-hydroxylation sites is 1. The minimum Gasteiger partial charge on any atom is -0.341 e. The van der Waals surface area contributed by atoms with Gasteiger partial charge in [0.25, 0.3) is 0 Å². The van der Waals surface area contributed by atoms with E-state index in [9.17, 15) is 5.26 Å². The molecule has 2 aromatic rings. The van der Waals surface area contributed by atoms with Gasteiger partial charge < -0.3 is 4.98 Å². The van der Waals surface area contributed by atoms with E-state index in [1.165, 1.54) is 44.9 Å². The Morgan fingerprint density at radius 1 is 1.00 bits per heavy atom. The van der Waals surface area contributed by atoms with Gasteiger partial charge in [-0.1, -0.05) is 70.1 Å². The van der Waals surface area contributed by atoms with Crippen molar-refractivity contribution in [1.82, 2.24) is 4.98 Å². The van der Waals surface area contributed by atoms with E-state index in [1.54, 1.807) is 4.90 Å². The van der Waals surface area contributed by atoms with Gasteiger partial charge in [-0.25, -0.2) is 0 Å². The maximum atomic E-state index is 9.36. The van der Waals surface area contributed by atoms with Crippen molar-refractivity contribution in [1.29, 1.82) is 5.26 Å². The van der Waals surface area contributed by atoms with Gasteiger partial charge in [-0.15, -0.1) is 0 Å². The lowest BCUT2D eigenvalue weighted by molar-refractivity contribution is 0.577. The summed E-state index contributed by atoms with van der Waals surface area (Å²) in [6.07, 6.45) is 12.6. The molecule has 3 nitrogen and oxygen atoms in total. The minimum atomic E-state index is 0.804. The summed E-state index contributed by atoms with van der Waals surface area (Å²) in [5.41, 5.74) is 1.09. The minimum absolute atomic E-state index is 0.804. The van der Waals surface area contributed by atoms with Crippen LogP contribution in [0.25, 0.3) is 10.9 Å². The van der Waals surface area contributed by atoms with Gasteiger partial charge in [-0.3, -0.25) is 4.90 Å². The van der Waals surface area contributed by atoms with Crippen molar-refractivity contribution in [3.8, 4) is 6.19 Å². The van der Waals surface area contributed by atoms with E-state index < -0.39 is 0 Å². The van der Waals surface area contributed by atoms with Gasteiger partial charge in [-0.2, -0.15) is 5.26 Å². The number of nitrogens with one attached hydrogen (secondary N) is 1. The van der Waals surface area contributed by atoms with Crippen LogP contribution in [0.15, 0.2) is 30.3 Å². The number of fused-ring (bicyclic) bond motifs is 1. The Balaban J connectivity index is 1.72. The third-order valence-electron chi connectivity index (χ3n) is 4.16. The molecular weight excluding hydrogens is 270 g/mol. The summed E-state index contributed by atoms with van der Waals surface area (Å²) in [4.78, 5) is 5.10. The van der Waals surface area contributed by atoms with Crippen LogP contribution in [0.3, 0.4) is 0 Å². The Kier molecular flexibility index (Phi) is 6.83. The number of aromatic amines is 1. The summed E-state index contributed by atoms with van der Waals surface area (Å²) >= 11 is 0. The van der Waals surface area contributed by atoms with Crippen LogP contribution in [0.1, 0.15) is 58.3 Å². The van der Waals surface area contributed by atoms with Crippen LogP contribution in [-0.4, -0.2) is 11.5 Å². The van der Waals surface area contributed by atoms with E-state index in [-0.39, 0.29) is 0 Å². The van der Waals surface area contributed by atoms with Crippen LogP contribution in [0.2, 0.25) is 0 Å². The van der Waals surface area contributed by atoms with Gasteiger partial charge in [0.15, 0.2) is 6.19 Å². The summed E-state index contributed by atoms with van der Waals surface area (Å²) in [7, 11) is 0. The zero-order valence-electron chi connectivity index (χ0n) is 13.6. The molecule has 0 saturated carbocycles. The lowest BCUT2D eigenvalue weighted by Gasteiger charge is -2.13. The predicted molar refractivity (Wildman–Crippen MR) is 93.9 cm³/mol. The van der Waals surface area contributed by atoms with E-state index in [0.717, 1.165) is 29.7 Å². The van der Waals surface area contributed by atoms with Crippen LogP contribution in [0.5, 0.6) is 0 Å². The number of H-pyrrole nitrogens is 1. The Bertz CT molecular complexity index is 561. The Morgan fingerprint density at radius 3 is 2.36 bits per heavy atom. The maximum absolute atomic E-state index is 9.36. The summed E-state index contributed by atoms with van der Waals surface area (Å²) in [6, 6.07) is 10.2. The van der Waals surface area contributed by atoms with Crippen molar-refractivity contribution in [2.75, 3.05) is 11.4 Å². The molecule has 3 heteroatoms. The van der Waals surface area contributed by atoms with Crippen LogP contribution >= 0.6 is 0 Å². The number of anilines is 1. The molecule has 2 rings (SSSR count).